The quantitative estimate of drug-likeness (QED) is 0.435. The Morgan fingerprint density at radius 1 is 0.789 bits per heavy atom. The van der Waals surface area contributed by atoms with Gasteiger partial charge in [0.05, 0.1) is 8.07 Å². The number of hydrogen-bond donors (Lipinski definition) is 0. The summed E-state index contributed by atoms with van der Waals surface area (Å²) in [6, 6.07) is 2.72. The van der Waals surface area contributed by atoms with E-state index in [9.17, 15) is 0 Å². The lowest BCUT2D eigenvalue weighted by Crippen LogP contribution is -2.59. The van der Waals surface area contributed by atoms with Gasteiger partial charge in [0.25, 0.3) is 0 Å². The van der Waals surface area contributed by atoms with Crippen molar-refractivity contribution in [1.82, 2.24) is 0 Å². The second-order valence-corrected chi connectivity index (χ2v) is 16.7. The first kappa shape index (κ1) is 19.4. The standard InChI is InChI=1S/C16H38OSi2/c1-9-13-15-18(5,6)16(11-3,12-4)17-19(7,8)14-10-2/h9-15H2,1-8H3. The van der Waals surface area contributed by atoms with Crippen molar-refractivity contribution in [2.24, 2.45) is 0 Å². The molecule has 0 rings (SSSR count). The molecule has 0 spiro atoms. The van der Waals surface area contributed by atoms with Crippen LogP contribution in [0.1, 0.15) is 59.8 Å². The van der Waals surface area contributed by atoms with E-state index < -0.39 is 16.4 Å². The van der Waals surface area contributed by atoms with E-state index in [2.05, 4.69) is 53.9 Å². The molecule has 0 radical (unpaired) electrons. The molecule has 19 heavy (non-hydrogen) atoms. The zero-order valence-electron chi connectivity index (χ0n) is 14.9. The third kappa shape index (κ3) is 5.35. The molecule has 0 aliphatic carbocycles. The first-order chi connectivity index (χ1) is 8.70. The van der Waals surface area contributed by atoms with Crippen molar-refractivity contribution < 1.29 is 4.43 Å². The first-order valence-corrected chi connectivity index (χ1v) is 14.7. The van der Waals surface area contributed by atoms with Crippen LogP contribution < -0.4 is 0 Å². The zero-order chi connectivity index (χ0) is 15.2. The maximum absolute atomic E-state index is 6.93. The van der Waals surface area contributed by atoms with Gasteiger partial charge in [0.2, 0.25) is 0 Å². The third-order valence-electron chi connectivity index (χ3n) is 4.85. The predicted molar refractivity (Wildman–Crippen MR) is 94.2 cm³/mol. The van der Waals surface area contributed by atoms with Crippen molar-refractivity contribution in [3.8, 4) is 0 Å². The van der Waals surface area contributed by atoms with Crippen LogP contribution in [-0.4, -0.2) is 21.6 Å². The molecule has 0 bridgehead atoms. The van der Waals surface area contributed by atoms with E-state index in [1.165, 1.54) is 44.2 Å². The number of unbranched alkanes of at least 4 members (excludes halogenated alkanes) is 1. The lowest BCUT2D eigenvalue weighted by molar-refractivity contribution is 0.123. The van der Waals surface area contributed by atoms with Crippen LogP contribution in [0.2, 0.25) is 38.3 Å². The number of hydrogen-bond acceptors (Lipinski definition) is 1. The van der Waals surface area contributed by atoms with Crippen LogP contribution in [-0.2, 0) is 4.43 Å². The maximum Gasteiger partial charge on any atom is 0.187 e. The lowest BCUT2D eigenvalue weighted by Gasteiger charge is -2.49. The van der Waals surface area contributed by atoms with Gasteiger partial charge in [-0.3, -0.25) is 0 Å². The van der Waals surface area contributed by atoms with Gasteiger partial charge in [-0.15, -0.1) is 0 Å². The minimum atomic E-state index is -1.49. The topological polar surface area (TPSA) is 9.23 Å². The van der Waals surface area contributed by atoms with Crippen molar-refractivity contribution in [2.75, 3.05) is 0 Å². The molecule has 0 saturated heterocycles. The largest absolute Gasteiger partial charge is 0.415 e. The van der Waals surface area contributed by atoms with Crippen molar-refractivity contribution in [1.29, 1.82) is 0 Å². The van der Waals surface area contributed by atoms with Crippen LogP contribution in [0.25, 0.3) is 0 Å². The van der Waals surface area contributed by atoms with E-state index in [-0.39, 0.29) is 5.22 Å². The summed E-state index contributed by atoms with van der Waals surface area (Å²) >= 11 is 0. The van der Waals surface area contributed by atoms with Crippen LogP contribution in [0.3, 0.4) is 0 Å². The summed E-state index contributed by atoms with van der Waals surface area (Å²) in [5.74, 6) is 0. The fourth-order valence-corrected chi connectivity index (χ4v) is 11.7. The molecule has 0 N–H and O–H groups in total. The van der Waals surface area contributed by atoms with Crippen LogP contribution in [0.15, 0.2) is 0 Å². The second kappa shape index (κ2) is 7.99. The van der Waals surface area contributed by atoms with Gasteiger partial charge in [0.1, 0.15) is 0 Å². The summed E-state index contributed by atoms with van der Waals surface area (Å²) in [7, 11) is -2.83. The highest BCUT2D eigenvalue weighted by molar-refractivity contribution is 6.82. The maximum atomic E-state index is 6.93. The first-order valence-electron chi connectivity index (χ1n) is 8.40. The highest BCUT2D eigenvalue weighted by atomic mass is 28.4. The Kier molecular flexibility index (Phi) is 8.15. The SMILES string of the molecule is CCCC[Si](C)(C)C(CC)(CC)O[Si](C)(C)CCC. The molecular formula is C16H38OSi2. The average molecular weight is 303 g/mol. The van der Waals surface area contributed by atoms with Gasteiger partial charge in [-0.05, 0) is 32.0 Å². The summed E-state index contributed by atoms with van der Waals surface area (Å²) in [5.41, 5.74) is 0. The molecule has 0 aliphatic rings. The molecule has 0 aromatic rings. The Hall–Kier alpha value is 0.394. The third-order valence-corrected chi connectivity index (χ3v) is 12.6. The summed E-state index contributed by atoms with van der Waals surface area (Å²) in [6.07, 6.45) is 6.36. The van der Waals surface area contributed by atoms with Crippen molar-refractivity contribution >= 4 is 16.4 Å². The van der Waals surface area contributed by atoms with Gasteiger partial charge in [0.15, 0.2) is 8.32 Å². The molecule has 0 saturated carbocycles. The smallest absolute Gasteiger partial charge is 0.187 e. The van der Waals surface area contributed by atoms with Gasteiger partial charge in [-0.2, -0.15) is 0 Å². The molecule has 0 amide bonds. The molecule has 0 heterocycles. The highest BCUT2D eigenvalue weighted by Crippen LogP contribution is 2.39. The van der Waals surface area contributed by atoms with Crippen molar-refractivity contribution in [3.05, 3.63) is 0 Å². The zero-order valence-corrected chi connectivity index (χ0v) is 16.9. The molecule has 116 valence electrons. The Bertz CT molecular complexity index is 245. The monoisotopic (exact) mass is 302 g/mol. The minimum Gasteiger partial charge on any atom is -0.415 e. The van der Waals surface area contributed by atoms with Crippen LogP contribution in [0.5, 0.6) is 0 Å². The Morgan fingerprint density at radius 2 is 1.32 bits per heavy atom. The Labute approximate surface area is 124 Å². The second-order valence-electron chi connectivity index (χ2n) is 7.30. The van der Waals surface area contributed by atoms with Crippen LogP contribution in [0, 0.1) is 0 Å². The summed E-state index contributed by atoms with van der Waals surface area (Å²) in [6.45, 7) is 19.2. The normalized spacial score (nSPS) is 13.9. The molecule has 3 heteroatoms. The van der Waals surface area contributed by atoms with Gasteiger partial charge in [-0.25, -0.2) is 0 Å². The fraction of sp³-hybridized carbons (Fsp3) is 1.00. The molecule has 0 aliphatic heterocycles. The van der Waals surface area contributed by atoms with Crippen molar-refractivity contribution in [2.45, 2.75) is 103 Å². The van der Waals surface area contributed by atoms with Gasteiger partial charge in [-0.1, -0.05) is 66.1 Å². The van der Waals surface area contributed by atoms with Gasteiger partial charge >= 0.3 is 0 Å². The van der Waals surface area contributed by atoms with E-state index in [0.29, 0.717) is 0 Å². The lowest BCUT2D eigenvalue weighted by atomic mass is 10.2. The van der Waals surface area contributed by atoms with E-state index in [4.69, 9.17) is 4.43 Å². The molecule has 0 aromatic carbocycles. The van der Waals surface area contributed by atoms with Gasteiger partial charge in [0, 0.05) is 5.22 Å². The molecule has 0 unspecified atom stereocenters. The summed E-state index contributed by atoms with van der Waals surface area (Å²) < 4.78 is 6.93. The highest BCUT2D eigenvalue weighted by Gasteiger charge is 2.47. The Morgan fingerprint density at radius 3 is 1.68 bits per heavy atom. The fourth-order valence-electron chi connectivity index (χ4n) is 3.52. The Balaban J connectivity index is 5.12. The van der Waals surface area contributed by atoms with E-state index >= 15 is 0 Å². The number of rotatable bonds is 10. The van der Waals surface area contributed by atoms with E-state index in [1.54, 1.807) is 0 Å². The molecular weight excluding hydrogens is 264 g/mol. The molecule has 0 aromatic heterocycles. The predicted octanol–water partition coefficient (Wildman–Crippen LogP) is 6.22. The molecule has 0 atom stereocenters. The molecule has 1 nitrogen and oxygen atoms in total. The van der Waals surface area contributed by atoms with Gasteiger partial charge < -0.3 is 4.43 Å². The molecule has 0 fully saturated rings. The van der Waals surface area contributed by atoms with Crippen LogP contribution >= 0.6 is 0 Å². The van der Waals surface area contributed by atoms with E-state index in [0.717, 1.165) is 0 Å². The summed E-state index contributed by atoms with van der Waals surface area (Å²) in [4.78, 5) is 0. The van der Waals surface area contributed by atoms with Crippen LogP contribution in [0.4, 0.5) is 0 Å². The minimum absolute atomic E-state index is 0.215. The van der Waals surface area contributed by atoms with Crippen molar-refractivity contribution in [3.63, 3.8) is 0 Å². The average Bonchev–Trinajstić information content (AvgIpc) is 2.33. The van der Waals surface area contributed by atoms with E-state index in [1.807, 2.05) is 0 Å². The summed E-state index contributed by atoms with van der Waals surface area (Å²) in [5, 5.41) is 0.215.